The summed E-state index contributed by atoms with van der Waals surface area (Å²) >= 11 is 0. The Bertz CT molecular complexity index is 351. The number of hydrogen-bond acceptors (Lipinski definition) is 5. The fraction of sp³-hybridized carbons (Fsp3) is 0.889. The third-order valence-corrected chi connectivity index (χ3v) is 4.64. The van der Waals surface area contributed by atoms with Gasteiger partial charge in [-0.05, 0) is 0 Å². The molecule has 0 saturated carbocycles. The van der Waals surface area contributed by atoms with Crippen LogP contribution in [0.1, 0.15) is 6.42 Å². The van der Waals surface area contributed by atoms with E-state index in [1.807, 2.05) is 0 Å². The van der Waals surface area contributed by atoms with Gasteiger partial charge in [0.05, 0.1) is 13.5 Å². The second-order valence-corrected chi connectivity index (χ2v) is 5.84. The van der Waals surface area contributed by atoms with Crippen molar-refractivity contribution in [2.75, 3.05) is 46.9 Å². The third-order valence-electron chi connectivity index (χ3n) is 2.65. The molecule has 0 bridgehead atoms. The van der Waals surface area contributed by atoms with E-state index in [9.17, 15) is 13.2 Å². The van der Waals surface area contributed by atoms with E-state index in [4.69, 9.17) is 0 Å². The van der Waals surface area contributed by atoms with E-state index in [2.05, 4.69) is 10.1 Å². The summed E-state index contributed by atoms with van der Waals surface area (Å²) in [5.41, 5.74) is 0. The van der Waals surface area contributed by atoms with E-state index < -0.39 is 16.2 Å². The van der Waals surface area contributed by atoms with Gasteiger partial charge in [0.15, 0.2) is 0 Å². The minimum Gasteiger partial charge on any atom is -0.469 e. The Labute approximate surface area is 102 Å². The molecular formula is C9H19N3O4S. The number of esters is 1. The van der Waals surface area contributed by atoms with Gasteiger partial charge < -0.3 is 10.1 Å². The van der Waals surface area contributed by atoms with Crippen molar-refractivity contribution in [1.82, 2.24) is 13.9 Å². The molecule has 1 N–H and O–H groups in total. The average molecular weight is 265 g/mol. The van der Waals surface area contributed by atoms with Crippen LogP contribution in [0, 0.1) is 0 Å². The maximum Gasteiger partial charge on any atom is 0.306 e. The van der Waals surface area contributed by atoms with Crippen LogP contribution < -0.4 is 5.32 Å². The van der Waals surface area contributed by atoms with Crippen molar-refractivity contribution >= 4 is 16.2 Å². The van der Waals surface area contributed by atoms with Crippen LogP contribution in [-0.4, -0.2) is 69.9 Å². The number of nitrogens with zero attached hydrogens (tertiary/aromatic N) is 2. The van der Waals surface area contributed by atoms with Gasteiger partial charge in [-0.25, -0.2) is 0 Å². The van der Waals surface area contributed by atoms with Crippen molar-refractivity contribution in [3.8, 4) is 0 Å². The highest BCUT2D eigenvalue weighted by Crippen LogP contribution is 2.08. The largest absolute Gasteiger partial charge is 0.469 e. The lowest BCUT2D eigenvalue weighted by Gasteiger charge is -2.30. The second-order valence-electron chi connectivity index (χ2n) is 3.80. The van der Waals surface area contributed by atoms with E-state index in [-0.39, 0.29) is 13.0 Å². The van der Waals surface area contributed by atoms with Crippen LogP contribution in [0.3, 0.4) is 0 Å². The SMILES string of the molecule is COC(=O)CCN(C)S(=O)(=O)N1CCNCC1. The molecule has 0 aromatic heterocycles. The summed E-state index contributed by atoms with van der Waals surface area (Å²) in [4.78, 5) is 11.0. The molecule has 0 unspecified atom stereocenters. The van der Waals surface area contributed by atoms with Crippen molar-refractivity contribution in [2.24, 2.45) is 0 Å². The molecule has 8 heteroatoms. The van der Waals surface area contributed by atoms with Gasteiger partial charge in [-0.15, -0.1) is 0 Å². The fourth-order valence-electron chi connectivity index (χ4n) is 1.54. The summed E-state index contributed by atoms with van der Waals surface area (Å²) in [7, 11) is -0.690. The number of rotatable bonds is 5. The van der Waals surface area contributed by atoms with Gasteiger partial charge in [0.25, 0.3) is 10.2 Å². The smallest absolute Gasteiger partial charge is 0.306 e. The Balaban J connectivity index is 2.53. The summed E-state index contributed by atoms with van der Waals surface area (Å²) in [6.07, 6.45) is 0.0678. The zero-order valence-corrected chi connectivity index (χ0v) is 11.0. The second kappa shape index (κ2) is 6.29. The number of nitrogens with one attached hydrogen (secondary N) is 1. The van der Waals surface area contributed by atoms with Gasteiger partial charge in [0, 0.05) is 39.8 Å². The number of hydrogen-bond donors (Lipinski definition) is 1. The number of carbonyl (C=O) groups is 1. The highest BCUT2D eigenvalue weighted by atomic mass is 32.2. The number of ether oxygens (including phenoxy) is 1. The van der Waals surface area contributed by atoms with Crippen molar-refractivity contribution in [3.05, 3.63) is 0 Å². The molecule has 1 heterocycles. The van der Waals surface area contributed by atoms with Gasteiger partial charge in [-0.3, -0.25) is 4.79 Å². The Kier molecular flexibility index (Phi) is 5.31. The van der Waals surface area contributed by atoms with E-state index in [0.717, 1.165) is 0 Å². The Morgan fingerprint density at radius 3 is 2.53 bits per heavy atom. The van der Waals surface area contributed by atoms with Crippen LogP contribution in [0.25, 0.3) is 0 Å². The lowest BCUT2D eigenvalue weighted by atomic mass is 10.4. The first-order valence-corrected chi connectivity index (χ1v) is 6.87. The zero-order valence-electron chi connectivity index (χ0n) is 10.2. The van der Waals surface area contributed by atoms with Crippen LogP contribution in [-0.2, 0) is 19.7 Å². The van der Waals surface area contributed by atoms with Gasteiger partial charge in [0.1, 0.15) is 0 Å². The molecule has 1 fully saturated rings. The molecule has 0 aromatic carbocycles. The molecule has 0 amide bonds. The minimum atomic E-state index is -3.45. The average Bonchev–Trinajstić information content (AvgIpc) is 2.36. The lowest BCUT2D eigenvalue weighted by Crippen LogP contribution is -2.51. The van der Waals surface area contributed by atoms with Crippen molar-refractivity contribution in [1.29, 1.82) is 0 Å². The molecule has 17 heavy (non-hydrogen) atoms. The van der Waals surface area contributed by atoms with Crippen molar-refractivity contribution in [2.45, 2.75) is 6.42 Å². The zero-order chi connectivity index (χ0) is 12.9. The first-order chi connectivity index (χ1) is 7.98. The highest BCUT2D eigenvalue weighted by molar-refractivity contribution is 7.86. The van der Waals surface area contributed by atoms with Crippen molar-refractivity contribution < 1.29 is 17.9 Å². The lowest BCUT2D eigenvalue weighted by molar-refractivity contribution is -0.140. The van der Waals surface area contributed by atoms with Crippen molar-refractivity contribution in [3.63, 3.8) is 0 Å². The van der Waals surface area contributed by atoms with Gasteiger partial charge >= 0.3 is 5.97 Å². The van der Waals surface area contributed by atoms with Crippen LogP contribution in [0.5, 0.6) is 0 Å². The minimum absolute atomic E-state index is 0.0678. The molecule has 0 spiro atoms. The molecule has 7 nitrogen and oxygen atoms in total. The van der Waals surface area contributed by atoms with E-state index >= 15 is 0 Å². The monoisotopic (exact) mass is 265 g/mol. The Morgan fingerprint density at radius 2 is 2.00 bits per heavy atom. The van der Waals surface area contributed by atoms with Gasteiger partial charge in [-0.1, -0.05) is 0 Å². The van der Waals surface area contributed by atoms with E-state index in [0.29, 0.717) is 26.2 Å². The summed E-state index contributed by atoms with van der Waals surface area (Å²) < 4.78 is 31.2. The first-order valence-electron chi connectivity index (χ1n) is 5.47. The highest BCUT2D eigenvalue weighted by Gasteiger charge is 2.28. The summed E-state index contributed by atoms with van der Waals surface area (Å²) in [6.45, 7) is 2.38. The quantitative estimate of drug-likeness (QED) is 0.621. The molecule has 0 radical (unpaired) electrons. The molecule has 1 rings (SSSR count). The van der Waals surface area contributed by atoms with Gasteiger partial charge in [-0.2, -0.15) is 17.0 Å². The predicted molar refractivity (Wildman–Crippen MR) is 62.6 cm³/mol. The molecule has 0 aromatic rings. The maximum absolute atomic E-state index is 12.1. The molecule has 0 aliphatic carbocycles. The first kappa shape index (κ1) is 14.4. The summed E-state index contributed by atoms with van der Waals surface area (Å²) in [5.74, 6) is -0.410. The predicted octanol–water partition coefficient (Wildman–Crippen LogP) is -1.37. The number of carbonyl (C=O) groups excluding carboxylic acids is 1. The van der Waals surface area contributed by atoms with Crippen LogP contribution >= 0.6 is 0 Å². The van der Waals surface area contributed by atoms with E-state index in [1.54, 1.807) is 0 Å². The molecule has 1 aliphatic heterocycles. The topological polar surface area (TPSA) is 79.0 Å². The van der Waals surface area contributed by atoms with E-state index in [1.165, 1.54) is 22.8 Å². The Hall–Kier alpha value is -0.700. The standard InChI is InChI=1S/C9H19N3O4S/c1-11(6-3-9(13)16-2)17(14,15)12-7-4-10-5-8-12/h10H,3-8H2,1-2H3. The number of methoxy groups -OCH3 is 1. The molecule has 0 atom stereocenters. The normalized spacial score (nSPS) is 18.3. The summed E-state index contributed by atoms with van der Waals surface area (Å²) in [5, 5.41) is 3.09. The van der Waals surface area contributed by atoms with Crippen LogP contribution in [0.15, 0.2) is 0 Å². The molecular weight excluding hydrogens is 246 g/mol. The molecule has 1 aliphatic rings. The maximum atomic E-state index is 12.1. The number of piperazine rings is 1. The third kappa shape index (κ3) is 3.91. The molecule has 100 valence electrons. The fourth-order valence-corrected chi connectivity index (χ4v) is 2.90. The van der Waals surface area contributed by atoms with Crippen LogP contribution in [0.2, 0.25) is 0 Å². The molecule has 1 saturated heterocycles. The van der Waals surface area contributed by atoms with Crippen LogP contribution in [0.4, 0.5) is 0 Å². The van der Waals surface area contributed by atoms with Gasteiger partial charge in [0.2, 0.25) is 0 Å². The summed E-state index contributed by atoms with van der Waals surface area (Å²) in [6, 6.07) is 0. The Morgan fingerprint density at radius 1 is 1.41 bits per heavy atom.